The third-order valence-electron chi connectivity index (χ3n) is 3.19. The number of hydrogen-bond donors (Lipinski definition) is 0. The van der Waals surface area contributed by atoms with Gasteiger partial charge in [-0.1, -0.05) is 12.0 Å². The molecule has 2 N–H and O–H groups in total. The second-order valence-electron chi connectivity index (χ2n) is 4.91. The van der Waals surface area contributed by atoms with E-state index in [1.54, 1.807) is 5.06 Å². The zero-order valence-electron chi connectivity index (χ0n) is 8.23. The molecule has 0 spiro atoms. The molecule has 0 saturated carbocycles. The molecule has 1 fully saturated rings. The molecular formula is C9H20NO+. The number of nitrogens with zero attached hydrogens (tertiary/aromatic N) is 1. The van der Waals surface area contributed by atoms with Gasteiger partial charge >= 0.3 is 0 Å². The van der Waals surface area contributed by atoms with Gasteiger partial charge in [0.2, 0.25) is 0 Å². The van der Waals surface area contributed by atoms with Gasteiger partial charge in [-0.3, -0.25) is 0 Å². The zero-order valence-corrected chi connectivity index (χ0v) is 8.23. The molecule has 1 heterocycles. The van der Waals surface area contributed by atoms with Crippen molar-refractivity contribution in [3.05, 3.63) is 0 Å². The zero-order chi connectivity index (χ0) is 8.86. The van der Waals surface area contributed by atoms with E-state index in [1.165, 1.54) is 0 Å². The van der Waals surface area contributed by atoms with Crippen molar-refractivity contribution >= 4 is 0 Å². The summed E-state index contributed by atoms with van der Waals surface area (Å²) in [5.74, 6) is 0.620. The lowest BCUT2D eigenvalue weighted by Gasteiger charge is -2.30. The summed E-state index contributed by atoms with van der Waals surface area (Å²) in [5.41, 5.74) is 0.104. The lowest BCUT2D eigenvalue weighted by molar-refractivity contribution is -0.196. The molecule has 2 heteroatoms. The largest absolute Gasteiger partial charge is 0.338 e. The van der Waals surface area contributed by atoms with E-state index in [4.69, 9.17) is 5.21 Å². The Morgan fingerprint density at radius 2 is 1.73 bits per heavy atom. The molecule has 0 aromatic rings. The van der Waals surface area contributed by atoms with Crippen LogP contribution in [-0.4, -0.2) is 21.3 Å². The van der Waals surface area contributed by atoms with Gasteiger partial charge in [-0.15, -0.1) is 0 Å². The van der Waals surface area contributed by atoms with E-state index < -0.39 is 0 Å². The molecular weight excluding hydrogens is 138 g/mol. The predicted octanol–water partition coefficient (Wildman–Crippen LogP) is 1.52. The Morgan fingerprint density at radius 3 is 1.82 bits per heavy atom. The van der Waals surface area contributed by atoms with Crippen LogP contribution in [0.5, 0.6) is 0 Å². The Kier molecular flexibility index (Phi) is 1.81. The molecule has 1 unspecified atom stereocenters. The lowest BCUT2D eigenvalue weighted by atomic mass is 9.89. The van der Waals surface area contributed by atoms with E-state index in [2.05, 4.69) is 34.6 Å². The van der Waals surface area contributed by atoms with E-state index >= 15 is 0 Å². The van der Waals surface area contributed by atoms with Crippen molar-refractivity contribution < 1.29 is 5.21 Å². The summed E-state index contributed by atoms with van der Waals surface area (Å²) in [6, 6.07) is 0. The third kappa shape index (κ3) is 1.18. The summed E-state index contributed by atoms with van der Waals surface area (Å²) in [6.07, 6.45) is 1.13. The molecule has 0 bridgehead atoms. The van der Waals surface area contributed by atoms with Gasteiger partial charge in [-0.25, -0.2) is 0 Å². The first kappa shape index (κ1) is 9.01. The number of hydroxylamine groups is 2. The predicted molar refractivity (Wildman–Crippen MR) is 47.4 cm³/mol. The van der Waals surface area contributed by atoms with Crippen molar-refractivity contribution in [1.29, 1.82) is 0 Å². The molecule has 11 heavy (non-hydrogen) atoms. The van der Waals surface area contributed by atoms with Crippen molar-refractivity contribution in [1.82, 2.24) is 5.06 Å². The maximum atomic E-state index is 7.90. The second-order valence-corrected chi connectivity index (χ2v) is 4.91. The summed E-state index contributed by atoms with van der Waals surface area (Å²) < 4.78 is 0. The van der Waals surface area contributed by atoms with Gasteiger partial charge in [0.15, 0.2) is 0 Å². The monoisotopic (exact) mass is 158 g/mol. The van der Waals surface area contributed by atoms with Crippen molar-refractivity contribution in [2.45, 2.75) is 52.1 Å². The normalized spacial score (nSPS) is 36.0. The minimum atomic E-state index is 0.0451. The highest BCUT2D eigenvalue weighted by Crippen LogP contribution is 2.42. The molecule has 0 aliphatic carbocycles. The van der Waals surface area contributed by atoms with Crippen LogP contribution in [0.2, 0.25) is 0 Å². The van der Waals surface area contributed by atoms with E-state index in [1.807, 2.05) is 0 Å². The molecule has 1 rings (SSSR count). The molecule has 1 aliphatic heterocycles. The molecule has 0 amide bonds. The average molecular weight is 158 g/mol. The van der Waals surface area contributed by atoms with E-state index in [0.717, 1.165) is 6.42 Å². The molecule has 1 aliphatic rings. The Balaban J connectivity index is 2.89. The Bertz CT molecular complexity index is 163. The average Bonchev–Trinajstić information content (AvgIpc) is 1.94. The summed E-state index contributed by atoms with van der Waals surface area (Å²) in [6.45, 7) is 10.8. The Labute approximate surface area is 69.2 Å². The van der Waals surface area contributed by atoms with Crippen LogP contribution in [0.4, 0.5) is 0 Å². The topological polar surface area (TPSA) is 26.1 Å². The van der Waals surface area contributed by atoms with Crippen molar-refractivity contribution in [3.63, 3.8) is 0 Å². The van der Waals surface area contributed by atoms with Crippen LogP contribution in [0.15, 0.2) is 0 Å². The second kappa shape index (κ2) is 2.20. The summed E-state index contributed by atoms with van der Waals surface area (Å²) in [5, 5.41) is 9.66. The standard InChI is InChI=1S/C9H19NO/c1-7-6-8(2,3)10(11)9(7,4)5/h7,11H,6H2,1-5H3/p+1. The Hall–Kier alpha value is -0.0800. The number of hydrogen-bond acceptors (Lipinski definition) is 1. The summed E-state index contributed by atoms with van der Waals surface area (Å²) in [4.78, 5) is 0. The van der Waals surface area contributed by atoms with Gasteiger partial charge in [-0.05, 0) is 40.0 Å². The van der Waals surface area contributed by atoms with Crippen molar-refractivity contribution in [2.24, 2.45) is 5.92 Å². The molecule has 2 nitrogen and oxygen atoms in total. The molecule has 0 aromatic carbocycles. The van der Waals surface area contributed by atoms with Gasteiger partial charge < -0.3 is 5.21 Å². The lowest BCUT2D eigenvalue weighted by Crippen LogP contribution is -2.46. The highest BCUT2D eigenvalue weighted by molar-refractivity contribution is 4.99. The van der Waals surface area contributed by atoms with Crippen molar-refractivity contribution in [2.75, 3.05) is 0 Å². The third-order valence-corrected chi connectivity index (χ3v) is 3.19. The van der Waals surface area contributed by atoms with Crippen LogP contribution in [0, 0.1) is 5.92 Å². The molecule has 66 valence electrons. The van der Waals surface area contributed by atoms with Gasteiger partial charge in [0.1, 0.15) is 0 Å². The minimum absolute atomic E-state index is 0.0451. The number of rotatable bonds is 0. The quantitative estimate of drug-likeness (QED) is 0.491. The first-order valence-electron chi connectivity index (χ1n) is 4.30. The maximum Gasteiger partial charge on any atom is 0.0861 e. The maximum absolute atomic E-state index is 7.90. The van der Waals surface area contributed by atoms with Crippen LogP contribution in [0.25, 0.3) is 0 Å². The molecule has 1 saturated heterocycles. The van der Waals surface area contributed by atoms with Gasteiger partial charge in [0.25, 0.3) is 0 Å². The summed E-state index contributed by atoms with van der Waals surface area (Å²) >= 11 is 0. The fourth-order valence-electron chi connectivity index (χ4n) is 2.09. The molecule has 0 radical (unpaired) electrons. The van der Waals surface area contributed by atoms with E-state index in [9.17, 15) is 0 Å². The van der Waals surface area contributed by atoms with E-state index in [0.29, 0.717) is 5.92 Å². The van der Waals surface area contributed by atoms with Crippen LogP contribution < -0.4 is 0 Å². The highest BCUT2D eigenvalue weighted by Gasteiger charge is 2.52. The fraction of sp³-hybridized carbons (Fsp3) is 1.00. The van der Waals surface area contributed by atoms with Crippen LogP contribution in [0.3, 0.4) is 0 Å². The minimum Gasteiger partial charge on any atom is -0.338 e. The van der Waals surface area contributed by atoms with E-state index in [-0.39, 0.29) is 11.1 Å². The van der Waals surface area contributed by atoms with Crippen LogP contribution in [0.1, 0.15) is 41.0 Å². The van der Waals surface area contributed by atoms with Crippen LogP contribution in [-0.2, 0) is 0 Å². The first-order valence-corrected chi connectivity index (χ1v) is 4.30. The SMILES string of the molecule is CC1CC(C)(C)N([OH2+])C1(C)C. The van der Waals surface area contributed by atoms with Gasteiger partial charge in [0, 0.05) is 0 Å². The Morgan fingerprint density at radius 1 is 1.27 bits per heavy atom. The van der Waals surface area contributed by atoms with Gasteiger partial charge in [0.05, 0.1) is 11.1 Å². The fourth-order valence-corrected chi connectivity index (χ4v) is 2.09. The smallest absolute Gasteiger partial charge is 0.0861 e. The first-order chi connectivity index (χ1) is 4.78. The van der Waals surface area contributed by atoms with Crippen LogP contribution >= 0.6 is 0 Å². The van der Waals surface area contributed by atoms with Gasteiger partial charge in [-0.2, -0.15) is 0 Å². The summed E-state index contributed by atoms with van der Waals surface area (Å²) in [7, 11) is 0. The molecule has 1 atom stereocenters. The van der Waals surface area contributed by atoms with Crippen molar-refractivity contribution in [3.8, 4) is 0 Å². The highest BCUT2D eigenvalue weighted by atomic mass is 16.5. The molecule has 0 aromatic heterocycles.